The number of aromatic amines is 1. The van der Waals surface area contributed by atoms with Crippen LogP contribution in [0.3, 0.4) is 0 Å². The number of nitrogen functional groups attached to an aromatic ring is 1. The molecule has 0 bridgehead atoms. The topological polar surface area (TPSA) is 574 Å². The van der Waals surface area contributed by atoms with E-state index in [4.69, 9.17) is 77.0 Å². The Morgan fingerprint density at radius 1 is 0.567 bits per heavy atom. The molecule has 806 valence electrons. The number of ether oxygens (including phenoxy) is 2. The average molecular weight is 2540 g/mol. The molecule has 13 aromatic heterocycles. The lowest BCUT2D eigenvalue weighted by Crippen LogP contribution is -2.41. The van der Waals surface area contributed by atoms with Gasteiger partial charge in [0, 0.05) is 233 Å². The number of hydrogen-bond acceptors (Lipinski definition) is 43. The number of aliphatic imine (C=N–C) groups is 1. The lowest BCUT2D eigenvalue weighted by atomic mass is 9.49. The van der Waals surface area contributed by atoms with Gasteiger partial charge < -0.3 is 75.0 Å². The van der Waals surface area contributed by atoms with Gasteiger partial charge in [0.25, 0.3) is 23.9 Å². The summed E-state index contributed by atoms with van der Waals surface area (Å²) in [6.07, 6.45) is 17.4. The summed E-state index contributed by atoms with van der Waals surface area (Å²) in [6, 6.07) is 7.43. The Morgan fingerprint density at radius 3 is 1.25 bits per heavy atom. The lowest BCUT2D eigenvalue weighted by Gasteiger charge is -2.32. The number of nitrogens with zero attached hydrogens (tertiary/aromatic N) is 22. The van der Waals surface area contributed by atoms with Crippen LogP contribution in [0.4, 0.5) is 5.82 Å². The standard InChI is InChI=1S/C18H19N7O3S.C14H11N7O3S.C13H19BN3O2.C12H24B2O4.C11H13ClN4O3S.C7H6BrN3.C4H7N3.C3H3BrO2.S5.S4.S3.S2.H2S/c1-9-5-11-20-6-10(7-24(11)22-9)17-21-16-14(29-17)13(15(19)27)23-25(16)8-12(26)28-18(2,3)4;1-6-2-8-16-3-7(4-20(8)18-6)14-17-13-11(25-14)10(12(15)24)19-21(13)5-9(22)23;1-9-6-11-15-7-10(8-17(11)16-9)14-18-12(2,3)13(4,5)19-14;1-9(2)10(3,4)16-13(15-9)14-17-11(5,6)12(7,8)18-14;1-11(2,3)19-5(17)4-16-9-7(20-10(12)14-9)6(15-16)8(13)18;1-5-2-7-9-3-6(8)4-11(7)10-5;1-3-2-4(5)7-6-3;4-3(1-5)2-6;1-3-5-4-2;1-3-4-2;1-3-2;1-2;/h5-7H,8H2,1-4H3,(H2,19,27);2-4H,5H2,1H3,(H2,15,24)(H,22,23);6-8,11H,1-5H3;1-8H3;4H2,1-3H3,(H2,13,18);2-4H,1H3;2H,1H3,(H3,5,6,7);1-3H;;;;;1H2/q;;+1;;;;;;;;;;. The molecular formula is C82H104B3Br2ClN27O17S18+. The van der Waals surface area contributed by atoms with Gasteiger partial charge in [-0.2, -0.15) is 49.2 Å². The van der Waals surface area contributed by atoms with Crippen molar-refractivity contribution in [3.63, 3.8) is 0 Å². The third-order valence-electron chi connectivity index (χ3n) is 20.9. The van der Waals surface area contributed by atoms with Crippen LogP contribution in [0, 0.1) is 27.7 Å². The van der Waals surface area contributed by atoms with Crippen molar-refractivity contribution >= 4 is 363 Å². The zero-order chi connectivity index (χ0) is 112. The molecule has 0 saturated carbocycles. The zero-order valence-corrected chi connectivity index (χ0v) is 103. The molecular weight excluding hydrogens is 2440 g/mol. The summed E-state index contributed by atoms with van der Waals surface area (Å²) in [4.78, 5) is 118. The molecule has 0 spiro atoms. The van der Waals surface area contributed by atoms with Crippen molar-refractivity contribution in [2.75, 3.05) is 5.73 Å². The van der Waals surface area contributed by atoms with Gasteiger partial charge in [0.2, 0.25) is 0 Å². The first-order valence-electron chi connectivity index (χ1n) is 43.2. The first-order valence-corrected chi connectivity index (χ1v) is 61.0. The highest BCUT2D eigenvalue weighted by Crippen LogP contribution is 2.45. The highest BCUT2D eigenvalue weighted by molar-refractivity contribution is 9.10. The molecule has 5 aliphatic heterocycles. The second-order valence-electron chi connectivity index (χ2n) is 36.4. The zero-order valence-electron chi connectivity index (χ0n) is 84.4. The summed E-state index contributed by atoms with van der Waals surface area (Å²) < 4.78 is 59.7. The number of nitrogens with two attached hydrogens (primary N) is 4. The maximum atomic E-state index is 12.2. The van der Waals surface area contributed by atoms with Crippen molar-refractivity contribution in [2.24, 2.45) is 27.3 Å². The number of alkyl halides is 1. The molecule has 10 N–H and O–H groups in total. The predicted octanol–water partition coefficient (Wildman–Crippen LogP) is 11.1. The van der Waals surface area contributed by atoms with Gasteiger partial charge >= 0.3 is 39.0 Å². The van der Waals surface area contributed by atoms with Crippen LogP contribution in [-0.2, 0) is 224 Å². The highest BCUT2D eigenvalue weighted by atomic mass is 79.9. The number of hydrogen-bond donors (Lipinski definition) is 6. The fourth-order valence-electron chi connectivity index (χ4n) is 12.6. The Hall–Kier alpha value is -8.29. The number of aldehydes is 2. The van der Waals surface area contributed by atoms with Crippen LogP contribution < -0.4 is 22.9 Å². The van der Waals surface area contributed by atoms with Gasteiger partial charge in [-0.1, -0.05) is 43.6 Å². The van der Waals surface area contributed by atoms with Gasteiger partial charge in [0.15, 0.2) is 61.6 Å². The van der Waals surface area contributed by atoms with E-state index in [-0.39, 0.29) is 95.0 Å². The first-order chi connectivity index (χ1) is 69.4. The van der Waals surface area contributed by atoms with E-state index in [0.29, 0.717) is 70.7 Å². The number of azo groups is 2. The van der Waals surface area contributed by atoms with Crippen molar-refractivity contribution in [1.29, 1.82) is 0 Å². The van der Waals surface area contributed by atoms with Crippen molar-refractivity contribution in [2.45, 2.75) is 235 Å². The van der Waals surface area contributed by atoms with Gasteiger partial charge in [0.05, 0.1) is 60.6 Å². The Balaban J connectivity index is 0.000000264. The number of fused-ring (bicyclic) bond motifs is 7. The number of primary amides is 3. The molecule has 1 atom stereocenters. The predicted molar refractivity (Wildman–Crippen MR) is 626 cm³/mol. The van der Waals surface area contributed by atoms with Crippen LogP contribution in [0.25, 0.3) is 69.1 Å². The molecule has 0 radical (unpaired) electrons. The van der Waals surface area contributed by atoms with Gasteiger partial charge in [-0.3, -0.25) is 33.9 Å². The molecule has 3 saturated heterocycles. The van der Waals surface area contributed by atoms with E-state index in [1.807, 2.05) is 171 Å². The highest BCUT2D eigenvalue weighted by Gasteiger charge is 2.64. The number of carboxylic acids is 1. The van der Waals surface area contributed by atoms with E-state index in [2.05, 4.69) is 202 Å². The molecule has 150 heavy (non-hydrogen) atoms. The largest absolute Gasteiger partial charge is 0.502 e. The number of anilines is 1. The molecule has 3 fully saturated rings. The number of aryl methyl sites for hydroxylation is 4. The van der Waals surface area contributed by atoms with E-state index in [0.717, 1.165) is 80.2 Å². The van der Waals surface area contributed by atoms with Crippen molar-refractivity contribution in [3.8, 4) is 21.1 Å². The number of carboxylic acid groups (broad SMARTS) is 1. The average Bonchev–Trinajstić information content (AvgIpc) is 1.58. The number of H-pyrrole nitrogens is 1. The molecule has 3 amide bonds. The summed E-state index contributed by atoms with van der Waals surface area (Å²) in [5.74, 6) is -3.63. The number of carbonyl (C=O) groups is 8. The van der Waals surface area contributed by atoms with E-state index in [1.54, 1.807) is 85.9 Å². The van der Waals surface area contributed by atoms with Gasteiger partial charge in [0.1, 0.15) is 83.9 Å². The molecule has 0 aliphatic carbocycles. The summed E-state index contributed by atoms with van der Waals surface area (Å²) in [6.45, 7) is 43.8. The van der Waals surface area contributed by atoms with Crippen molar-refractivity contribution in [1.82, 2.24) is 98.3 Å². The third-order valence-corrected chi connectivity index (χ3v) is 31.8. The van der Waals surface area contributed by atoms with Gasteiger partial charge in [-0.25, -0.2) is 62.5 Å². The minimum absolute atomic E-state index is 0. The Bertz CT molecular complexity index is 7390. The lowest BCUT2D eigenvalue weighted by molar-refractivity contribution is -0.545. The Labute approximate surface area is 959 Å². The second-order valence-corrected chi connectivity index (χ2v) is 52.6. The number of carbonyl (C=O) groups excluding carboxylic acids is 7. The fourth-order valence-corrected chi connectivity index (χ4v) is 18.8. The second kappa shape index (κ2) is 56.9. The number of thiazole rings is 3. The Morgan fingerprint density at radius 2 is 0.927 bits per heavy atom. The summed E-state index contributed by atoms with van der Waals surface area (Å²) in [7, 11) is 5.87. The Kier molecular flexibility index (Phi) is 49.4. The van der Waals surface area contributed by atoms with Gasteiger partial charge in [-0.05, 0) is 180 Å². The number of aliphatic carboxylic acids is 1. The number of halogens is 3. The SMILES string of the molecule is CC(C)(C)OC(=O)Cn1nc(C(N)=O)c2sc(Cl)nc21.CC1(C)OB(B2OC(C)(C)C(C)(C)O2)OC1(C)C.CC1=CC2N=CC(B3OC(C)(C)C(C)(C)O3)=C[N+]2=N1.Cc1cc(N)n[nH]1.Cc1cc2ncc(-c3nc4c(s3)c(C(N)=O)nn4CC(=O)O)cn2n1.Cc1cc2ncc(-c3nc4c(s3)c(C(N)=O)nn4CC(=O)OC(C)(C)C)cn2n1.Cc1cc2ncc(Br)cn2n1.O=CC(Br)C=O.S.S=S.S=S=S.S=S=S=S.S=S=S=S=S. The molecule has 5 aliphatic rings. The quantitative estimate of drug-likeness (QED) is 0.0139. The maximum Gasteiger partial charge on any atom is 0.502 e. The van der Waals surface area contributed by atoms with Crippen LogP contribution >= 0.6 is 91.0 Å². The summed E-state index contributed by atoms with van der Waals surface area (Å²) in [5.41, 5.74) is 28.4. The molecule has 68 heteroatoms. The van der Waals surface area contributed by atoms with E-state index < -0.39 is 72.2 Å². The number of allylic oxidation sites excluding steroid dienone is 2. The first kappa shape index (κ1) is 130. The van der Waals surface area contributed by atoms with Crippen LogP contribution in [-0.4, -0.2) is 239 Å². The molecule has 0 aromatic carbocycles. The minimum atomic E-state index is -1.09. The monoisotopic (exact) mass is 2540 g/mol. The summed E-state index contributed by atoms with van der Waals surface area (Å²) >= 11 is 48.5. The van der Waals surface area contributed by atoms with Crippen molar-refractivity contribution in [3.05, 3.63) is 134 Å². The number of rotatable bonds is 15. The number of esters is 2. The van der Waals surface area contributed by atoms with E-state index in [1.165, 1.54) is 76.4 Å². The van der Waals surface area contributed by atoms with E-state index >= 15 is 0 Å². The summed E-state index contributed by atoms with van der Waals surface area (Å²) in [5, 5.41) is 45.9. The normalized spacial score (nSPS) is 15.5. The number of aromatic nitrogens is 20. The fraction of sp³-hybridized carbons (Fsp3) is 0.439. The molecule has 13 aromatic rings. The van der Waals surface area contributed by atoms with Crippen LogP contribution in [0.2, 0.25) is 4.47 Å². The van der Waals surface area contributed by atoms with Crippen molar-refractivity contribution < 1.29 is 85.6 Å². The van der Waals surface area contributed by atoms with Crippen LogP contribution in [0.15, 0.2) is 99.5 Å². The smallest absolute Gasteiger partial charge is 0.480 e. The van der Waals surface area contributed by atoms with Gasteiger partial charge in [-0.15, -0.1) is 22.7 Å². The van der Waals surface area contributed by atoms with Crippen LogP contribution in [0.5, 0.6) is 0 Å². The number of amides is 3. The molecule has 18 heterocycles. The molecule has 1 unspecified atom stereocenters. The molecule has 44 nitrogen and oxygen atoms in total. The maximum absolute atomic E-state index is 12.2. The van der Waals surface area contributed by atoms with Crippen LogP contribution in [0.1, 0.15) is 186 Å². The third kappa shape index (κ3) is 36.7. The minimum Gasteiger partial charge on any atom is -0.480 e. The number of nitrogens with one attached hydrogen (secondary N) is 1. The molecule has 18 rings (SSSR count). The van der Waals surface area contributed by atoms with E-state index in [9.17, 15) is 38.4 Å².